The van der Waals surface area contributed by atoms with Gasteiger partial charge < -0.3 is 15.6 Å². The summed E-state index contributed by atoms with van der Waals surface area (Å²) in [6.45, 7) is 0.908. The molecule has 1 fully saturated rings. The largest absolute Gasteiger partial charge is 0.349 e. The highest BCUT2D eigenvalue weighted by atomic mass is 35.5. The Balaban J connectivity index is 0.00000261. The molecule has 1 aromatic carbocycles. The van der Waals surface area contributed by atoms with Gasteiger partial charge in [-0.3, -0.25) is 9.59 Å². The van der Waals surface area contributed by atoms with Crippen molar-refractivity contribution in [1.29, 1.82) is 0 Å². The number of rotatable bonds is 5. The lowest BCUT2D eigenvalue weighted by Gasteiger charge is -2.31. The number of pyridine rings is 1. The molecule has 1 aromatic heterocycles. The van der Waals surface area contributed by atoms with Crippen LogP contribution in [0.25, 0.3) is 0 Å². The summed E-state index contributed by atoms with van der Waals surface area (Å²) in [6, 6.07) is 10.5. The van der Waals surface area contributed by atoms with Crippen molar-refractivity contribution < 1.29 is 4.79 Å². The zero-order chi connectivity index (χ0) is 18.5. The van der Waals surface area contributed by atoms with Crippen LogP contribution in [0.5, 0.6) is 0 Å². The van der Waals surface area contributed by atoms with Crippen LogP contribution in [-0.2, 0) is 6.54 Å². The topological polar surface area (TPSA) is 77.1 Å². The van der Waals surface area contributed by atoms with E-state index in [4.69, 9.17) is 17.3 Å². The fraction of sp³-hybridized carbons (Fsp3) is 0.400. The van der Waals surface area contributed by atoms with E-state index in [1.54, 1.807) is 18.3 Å². The predicted octanol–water partition coefficient (Wildman–Crippen LogP) is 3.22. The minimum atomic E-state index is -0.168. The number of carbonyl (C=O) groups is 1. The van der Waals surface area contributed by atoms with Crippen molar-refractivity contribution in [3.8, 4) is 0 Å². The van der Waals surface area contributed by atoms with Crippen LogP contribution in [0, 0.1) is 5.92 Å². The Kier molecular flexibility index (Phi) is 7.90. The van der Waals surface area contributed by atoms with Crippen molar-refractivity contribution in [2.45, 2.75) is 38.3 Å². The van der Waals surface area contributed by atoms with E-state index in [-0.39, 0.29) is 29.9 Å². The van der Waals surface area contributed by atoms with Gasteiger partial charge in [-0.05, 0) is 43.0 Å². The quantitative estimate of drug-likeness (QED) is 0.795. The smallest absolute Gasteiger partial charge is 0.252 e. The number of nitrogens with zero attached hydrogens (tertiary/aromatic N) is 1. The maximum Gasteiger partial charge on any atom is 0.252 e. The number of aromatic nitrogens is 1. The van der Waals surface area contributed by atoms with E-state index in [9.17, 15) is 9.59 Å². The van der Waals surface area contributed by atoms with Crippen molar-refractivity contribution in [3.63, 3.8) is 0 Å². The molecule has 146 valence electrons. The Labute approximate surface area is 170 Å². The van der Waals surface area contributed by atoms with Gasteiger partial charge in [-0.2, -0.15) is 0 Å². The molecule has 1 saturated carbocycles. The third-order valence-corrected chi connectivity index (χ3v) is 5.44. The molecule has 0 saturated heterocycles. The Bertz CT molecular complexity index is 838. The monoisotopic (exact) mass is 409 g/mol. The molecule has 0 aliphatic heterocycles. The molecule has 1 amide bonds. The molecule has 1 aliphatic rings. The number of nitrogens with one attached hydrogen (secondary N) is 1. The van der Waals surface area contributed by atoms with E-state index in [0.29, 0.717) is 29.6 Å². The summed E-state index contributed by atoms with van der Waals surface area (Å²) in [7, 11) is 0. The molecule has 27 heavy (non-hydrogen) atoms. The Morgan fingerprint density at radius 3 is 2.67 bits per heavy atom. The Morgan fingerprint density at radius 2 is 1.93 bits per heavy atom. The minimum Gasteiger partial charge on any atom is -0.349 e. The summed E-state index contributed by atoms with van der Waals surface area (Å²) in [6.07, 6.45) is 5.87. The summed E-state index contributed by atoms with van der Waals surface area (Å²) < 4.78 is 1.51. The molecular formula is C20H25Cl2N3O2. The lowest BCUT2D eigenvalue weighted by Crippen LogP contribution is -2.44. The summed E-state index contributed by atoms with van der Waals surface area (Å²) in [5.74, 6) is 0.157. The minimum absolute atomic E-state index is 0. The normalized spacial score (nSPS) is 19.2. The van der Waals surface area contributed by atoms with Crippen LogP contribution in [0.4, 0.5) is 0 Å². The number of halogens is 2. The third kappa shape index (κ3) is 5.34. The van der Waals surface area contributed by atoms with Gasteiger partial charge in [0.05, 0.1) is 12.1 Å². The fourth-order valence-corrected chi connectivity index (χ4v) is 3.73. The molecular weight excluding hydrogens is 385 g/mol. The number of amides is 1. The molecule has 5 nitrogen and oxygen atoms in total. The predicted molar refractivity (Wildman–Crippen MR) is 111 cm³/mol. The van der Waals surface area contributed by atoms with Gasteiger partial charge in [-0.1, -0.05) is 42.6 Å². The summed E-state index contributed by atoms with van der Waals surface area (Å²) in [5, 5.41) is 3.70. The van der Waals surface area contributed by atoms with Crippen LogP contribution in [0.15, 0.2) is 47.4 Å². The maximum absolute atomic E-state index is 12.7. The summed E-state index contributed by atoms with van der Waals surface area (Å²) in [5.41, 5.74) is 6.98. The van der Waals surface area contributed by atoms with E-state index in [2.05, 4.69) is 5.32 Å². The van der Waals surface area contributed by atoms with Crippen LogP contribution >= 0.6 is 24.0 Å². The first-order valence-corrected chi connectivity index (χ1v) is 9.41. The van der Waals surface area contributed by atoms with Gasteiger partial charge in [0.1, 0.15) is 0 Å². The highest BCUT2D eigenvalue weighted by Crippen LogP contribution is 2.23. The molecule has 2 unspecified atom stereocenters. The zero-order valence-corrected chi connectivity index (χ0v) is 16.6. The number of hydrogen-bond acceptors (Lipinski definition) is 3. The molecule has 0 bridgehead atoms. The van der Waals surface area contributed by atoms with E-state index in [1.807, 2.05) is 18.2 Å². The second-order valence-electron chi connectivity index (χ2n) is 6.84. The first-order chi connectivity index (χ1) is 12.6. The molecule has 1 heterocycles. The zero-order valence-electron chi connectivity index (χ0n) is 15.1. The second kappa shape index (κ2) is 9.93. The standard InChI is InChI=1S/C20H24ClN3O2.ClH/c21-17-7-3-1-6-15(17)12-24-13-16(9-10-19(24)25)20(26)23-18-8-4-2-5-14(18)11-22;/h1,3,6-7,9-10,13-14,18H,2,4-5,8,11-12,22H2,(H,23,26);1H. The van der Waals surface area contributed by atoms with Crippen molar-refractivity contribution in [2.75, 3.05) is 6.54 Å². The van der Waals surface area contributed by atoms with E-state index in [0.717, 1.165) is 31.2 Å². The lowest BCUT2D eigenvalue weighted by atomic mass is 9.84. The molecule has 1 aliphatic carbocycles. The van der Waals surface area contributed by atoms with Gasteiger partial charge in [-0.15, -0.1) is 12.4 Å². The maximum atomic E-state index is 12.7. The average molecular weight is 410 g/mol. The fourth-order valence-electron chi connectivity index (χ4n) is 3.53. The number of hydrogen-bond donors (Lipinski definition) is 2. The molecule has 0 spiro atoms. The van der Waals surface area contributed by atoms with E-state index >= 15 is 0 Å². The van der Waals surface area contributed by atoms with Crippen molar-refractivity contribution in [1.82, 2.24) is 9.88 Å². The highest BCUT2D eigenvalue weighted by molar-refractivity contribution is 6.31. The van der Waals surface area contributed by atoms with Gasteiger partial charge >= 0.3 is 0 Å². The molecule has 3 rings (SSSR count). The van der Waals surface area contributed by atoms with Gasteiger partial charge in [0.2, 0.25) is 0 Å². The first-order valence-electron chi connectivity index (χ1n) is 9.03. The van der Waals surface area contributed by atoms with Crippen molar-refractivity contribution in [3.05, 3.63) is 69.1 Å². The highest BCUT2D eigenvalue weighted by Gasteiger charge is 2.25. The first kappa shape index (κ1) is 21.5. The molecule has 0 radical (unpaired) electrons. The van der Waals surface area contributed by atoms with Crippen LogP contribution in [0.3, 0.4) is 0 Å². The Hall–Kier alpha value is -1.82. The summed E-state index contributed by atoms with van der Waals surface area (Å²) >= 11 is 6.18. The van der Waals surface area contributed by atoms with Crippen molar-refractivity contribution in [2.24, 2.45) is 11.7 Å². The Morgan fingerprint density at radius 1 is 1.19 bits per heavy atom. The molecule has 2 aromatic rings. The number of nitrogens with two attached hydrogens (primary N) is 1. The van der Waals surface area contributed by atoms with Crippen molar-refractivity contribution >= 4 is 29.9 Å². The summed E-state index contributed by atoms with van der Waals surface area (Å²) in [4.78, 5) is 24.8. The SMILES string of the molecule is Cl.NCC1CCCCC1NC(=O)c1ccc(=O)n(Cc2ccccc2Cl)c1. The van der Waals surface area contributed by atoms with Crippen LogP contribution in [-0.4, -0.2) is 23.1 Å². The van der Waals surface area contributed by atoms with Gasteiger partial charge in [0, 0.05) is 23.3 Å². The molecule has 2 atom stereocenters. The second-order valence-corrected chi connectivity index (χ2v) is 7.24. The van der Waals surface area contributed by atoms with Crippen LogP contribution < -0.4 is 16.6 Å². The van der Waals surface area contributed by atoms with Gasteiger partial charge in [-0.25, -0.2) is 0 Å². The number of benzene rings is 1. The average Bonchev–Trinajstić information content (AvgIpc) is 2.65. The van der Waals surface area contributed by atoms with Crippen LogP contribution in [0.1, 0.15) is 41.6 Å². The molecule has 7 heteroatoms. The van der Waals surface area contributed by atoms with Gasteiger partial charge in [0.15, 0.2) is 0 Å². The van der Waals surface area contributed by atoms with Gasteiger partial charge in [0.25, 0.3) is 11.5 Å². The molecule has 3 N–H and O–H groups in total. The van der Waals surface area contributed by atoms with Crippen LogP contribution in [0.2, 0.25) is 5.02 Å². The van der Waals surface area contributed by atoms with E-state index < -0.39 is 0 Å². The third-order valence-electron chi connectivity index (χ3n) is 5.07. The number of carbonyl (C=O) groups excluding carboxylic acids is 1. The lowest BCUT2D eigenvalue weighted by molar-refractivity contribution is 0.0907. The van der Waals surface area contributed by atoms with E-state index in [1.165, 1.54) is 10.6 Å².